The van der Waals surface area contributed by atoms with Crippen molar-refractivity contribution in [1.82, 2.24) is 34.8 Å². The van der Waals surface area contributed by atoms with Crippen molar-refractivity contribution < 1.29 is 19.1 Å². The number of H-pyrrole nitrogens is 2. The number of carbonyl (C=O) groups excluding carboxylic acids is 2. The van der Waals surface area contributed by atoms with Gasteiger partial charge in [-0.05, 0) is 67.9 Å². The number of para-hydroxylation sites is 2. The van der Waals surface area contributed by atoms with Gasteiger partial charge in [-0.3, -0.25) is 29.4 Å². The van der Waals surface area contributed by atoms with Crippen molar-refractivity contribution in [2.75, 3.05) is 27.3 Å². The van der Waals surface area contributed by atoms with Crippen molar-refractivity contribution in [1.29, 1.82) is 0 Å². The van der Waals surface area contributed by atoms with Gasteiger partial charge in [0, 0.05) is 10.9 Å². The van der Waals surface area contributed by atoms with Crippen molar-refractivity contribution in [3.05, 3.63) is 127 Å². The Bertz CT molecular complexity index is 2330. The zero-order valence-electron chi connectivity index (χ0n) is 29.4. The number of fused-ring (bicyclic) bond motifs is 2. The molecule has 8 rings (SSSR count). The standard InChI is InChI=1S/C33H25ClN6O6S2.C5H11N/c1-45-25(41)15-21-28(30(43)39(37-21)32-35-19-7-3-5-9-23(19)47-32)27(17-11-13-18(34)14-12-17)29-22(16-26(42)46-2)38-40(31(29)44)33-36-20-8-4-6-10-24(20)48-33;1-2-4-6-5-3-1/h3-14,27,37-38H,15-16H2,1-2H3;6H,1-5H2. The Hall–Kier alpha value is -5.35. The first kappa shape index (κ1) is 37.0. The molecule has 13 nitrogen and oxygen atoms in total. The van der Waals surface area contributed by atoms with Crippen LogP contribution in [0.4, 0.5) is 0 Å². The molecule has 3 N–H and O–H groups in total. The molecule has 16 heteroatoms. The molecule has 54 heavy (non-hydrogen) atoms. The molecule has 0 radical (unpaired) electrons. The van der Waals surface area contributed by atoms with Gasteiger partial charge in [-0.2, -0.15) is 9.36 Å². The fourth-order valence-electron chi connectivity index (χ4n) is 6.40. The lowest BCUT2D eigenvalue weighted by atomic mass is 9.84. The minimum Gasteiger partial charge on any atom is -0.469 e. The smallest absolute Gasteiger partial charge is 0.311 e. The van der Waals surface area contributed by atoms with E-state index < -0.39 is 29.0 Å². The van der Waals surface area contributed by atoms with Crippen LogP contribution in [0.2, 0.25) is 5.02 Å². The number of halogens is 1. The highest BCUT2D eigenvalue weighted by atomic mass is 35.5. The van der Waals surface area contributed by atoms with E-state index in [1.807, 2.05) is 48.5 Å². The van der Waals surface area contributed by atoms with E-state index >= 15 is 0 Å². The predicted octanol–water partition coefficient (Wildman–Crippen LogP) is 5.89. The summed E-state index contributed by atoms with van der Waals surface area (Å²) in [4.78, 5) is 63.9. The van der Waals surface area contributed by atoms with Gasteiger partial charge >= 0.3 is 11.9 Å². The summed E-state index contributed by atoms with van der Waals surface area (Å²) in [5.41, 5.74) is 1.43. The number of carbonyl (C=O) groups is 2. The zero-order valence-corrected chi connectivity index (χ0v) is 31.8. The van der Waals surface area contributed by atoms with Crippen LogP contribution in [0.1, 0.15) is 53.3 Å². The Kier molecular flexibility index (Phi) is 11.2. The van der Waals surface area contributed by atoms with Crippen molar-refractivity contribution in [2.24, 2.45) is 0 Å². The molecule has 0 bridgehead atoms. The van der Waals surface area contributed by atoms with Gasteiger partial charge in [-0.1, -0.05) is 77.1 Å². The molecule has 3 aromatic carbocycles. The Balaban J connectivity index is 0.000000684. The van der Waals surface area contributed by atoms with Crippen LogP contribution in [-0.4, -0.2) is 68.8 Å². The molecule has 0 aliphatic carbocycles. The zero-order chi connectivity index (χ0) is 37.8. The van der Waals surface area contributed by atoms with Gasteiger partial charge in [0.2, 0.25) is 10.3 Å². The first-order valence-electron chi connectivity index (χ1n) is 17.2. The normalized spacial score (nSPS) is 12.9. The van der Waals surface area contributed by atoms with Crippen molar-refractivity contribution in [3.8, 4) is 10.3 Å². The Morgan fingerprint density at radius 3 is 1.57 bits per heavy atom. The Morgan fingerprint density at radius 1 is 0.722 bits per heavy atom. The van der Waals surface area contributed by atoms with E-state index in [1.165, 1.54) is 78.6 Å². The van der Waals surface area contributed by atoms with Gasteiger partial charge in [0.15, 0.2) is 0 Å². The Labute approximate surface area is 321 Å². The van der Waals surface area contributed by atoms with Crippen LogP contribution in [0.25, 0.3) is 30.7 Å². The third-order valence-electron chi connectivity index (χ3n) is 9.04. The van der Waals surface area contributed by atoms with Gasteiger partial charge in [0.05, 0.1) is 70.0 Å². The van der Waals surface area contributed by atoms with Crippen LogP contribution in [-0.2, 0) is 31.9 Å². The molecule has 0 unspecified atom stereocenters. The van der Waals surface area contributed by atoms with Gasteiger partial charge in [-0.15, -0.1) is 0 Å². The van der Waals surface area contributed by atoms with E-state index in [-0.39, 0.29) is 35.4 Å². The number of hydrogen-bond donors (Lipinski definition) is 3. The molecule has 278 valence electrons. The van der Waals surface area contributed by atoms with Crippen LogP contribution < -0.4 is 16.4 Å². The average Bonchev–Trinajstić information content (AvgIpc) is 3.97. The number of piperidine rings is 1. The first-order chi connectivity index (χ1) is 26.2. The molecule has 0 amide bonds. The van der Waals surface area contributed by atoms with Crippen LogP contribution in [0, 0.1) is 0 Å². The summed E-state index contributed by atoms with van der Waals surface area (Å²) < 4.78 is 14.2. The number of ether oxygens (including phenoxy) is 2. The van der Waals surface area contributed by atoms with Gasteiger partial charge in [0.1, 0.15) is 0 Å². The largest absolute Gasteiger partial charge is 0.469 e. The lowest BCUT2D eigenvalue weighted by Crippen LogP contribution is -2.26. The van der Waals surface area contributed by atoms with E-state index in [0.717, 1.165) is 9.40 Å². The van der Waals surface area contributed by atoms with Gasteiger partial charge < -0.3 is 14.8 Å². The molecule has 1 fully saturated rings. The van der Waals surface area contributed by atoms with E-state index in [2.05, 4.69) is 25.5 Å². The van der Waals surface area contributed by atoms with Crippen LogP contribution in [0.15, 0.2) is 82.4 Å². The highest BCUT2D eigenvalue weighted by Gasteiger charge is 2.35. The second kappa shape index (κ2) is 16.3. The maximum atomic E-state index is 14.6. The average molecular weight is 786 g/mol. The molecule has 0 spiro atoms. The summed E-state index contributed by atoms with van der Waals surface area (Å²) in [6.07, 6.45) is 3.59. The topological polar surface area (TPSA) is 166 Å². The fourth-order valence-corrected chi connectivity index (χ4v) is 8.38. The summed E-state index contributed by atoms with van der Waals surface area (Å²) in [6.45, 7) is 2.50. The predicted molar refractivity (Wildman–Crippen MR) is 210 cm³/mol. The number of hydrogen-bond acceptors (Lipinski definition) is 11. The molecular weight excluding hydrogens is 750 g/mol. The highest BCUT2D eigenvalue weighted by molar-refractivity contribution is 7.21. The minimum absolute atomic E-state index is 0.0978. The van der Waals surface area contributed by atoms with Crippen molar-refractivity contribution in [2.45, 2.75) is 38.0 Å². The Morgan fingerprint density at radius 2 is 1.19 bits per heavy atom. The fraction of sp³-hybridized carbons (Fsp3) is 0.263. The summed E-state index contributed by atoms with van der Waals surface area (Å²) >= 11 is 8.84. The third-order valence-corrected chi connectivity index (χ3v) is 11.3. The number of esters is 2. The second-order valence-electron chi connectivity index (χ2n) is 12.5. The summed E-state index contributed by atoms with van der Waals surface area (Å²) in [5, 5.41) is 10.5. The number of nitrogens with one attached hydrogen (secondary N) is 3. The molecule has 7 aromatic rings. The first-order valence-corrected chi connectivity index (χ1v) is 19.3. The SMILES string of the molecule is C1CCNCC1.COC(=O)Cc1[nH]n(-c2nc3ccccc3s2)c(=O)c1C(c1ccc(Cl)cc1)c1c(CC(=O)OC)[nH]n(-c2nc3ccccc3s2)c1=O. The summed E-state index contributed by atoms with van der Waals surface area (Å²) in [6, 6.07) is 21.6. The summed E-state index contributed by atoms with van der Waals surface area (Å²) in [7, 11) is 2.50. The molecule has 5 heterocycles. The maximum absolute atomic E-state index is 14.6. The lowest BCUT2D eigenvalue weighted by molar-refractivity contribution is -0.140. The number of aromatic nitrogens is 6. The molecule has 0 atom stereocenters. The monoisotopic (exact) mass is 785 g/mol. The number of benzene rings is 3. The number of rotatable bonds is 9. The lowest BCUT2D eigenvalue weighted by Gasteiger charge is -2.17. The molecular formula is C38H36ClN7O6S2. The summed E-state index contributed by atoms with van der Waals surface area (Å²) in [5.74, 6) is -2.31. The van der Waals surface area contributed by atoms with E-state index in [9.17, 15) is 19.2 Å². The number of nitrogens with zero attached hydrogens (tertiary/aromatic N) is 4. The highest BCUT2D eigenvalue weighted by Crippen LogP contribution is 2.35. The number of aromatic amines is 2. The van der Waals surface area contributed by atoms with Crippen molar-refractivity contribution >= 4 is 66.6 Å². The molecule has 0 saturated carbocycles. The van der Waals surface area contributed by atoms with Crippen LogP contribution in [0.3, 0.4) is 0 Å². The molecule has 1 saturated heterocycles. The quantitative estimate of drug-likeness (QED) is 0.151. The molecule has 4 aromatic heterocycles. The second-order valence-corrected chi connectivity index (χ2v) is 15.0. The minimum atomic E-state index is -1.08. The van der Waals surface area contributed by atoms with Crippen molar-refractivity contribution in [3.63, 3.8) is 0 Å². The molecule has 1 aliphatic rings. The number of thiazole rings is 2. The van der Waals surface area contributed by atoms with Gasteiger partial charge in [0.25, 0.3) is 11.1 Å². The van der Waals surface area contributed by atoms with Crippen LogP contribution >= 0.6 is 34.3 Å². The van der Waals surface area contributed by atoms with E-state index in [1.54, 1.807) is 24.3 Å². The van der Waals surface area contributed by atoms with E-state index in [4.69, 9.17) is 21.1 Å². The van der Waals surface area contributed by atoms with Crippen LogP contribution in [0.5, 0.6) is 0 Å². The third kappa shape index (κ3) is 7.66. The maximum Gasteiger partial charge on any atom is 0.311 e. The van der Waals surface area contributed by atoms with Gasteiger partial charge in [-0.25, -0.2) is 9.97 Å². The van der Waals surface area contributed by atoms with E-state index in [0.29, 0.717) is 31.9 Å². The molecule has 1 aliphatic heterocycles. The number of methoxy groups -OCH3 is 2.